The molecule has 0 N–H and O–H groups in total. The average Bonchev–Trinajstić information content (AvgIpc) is 2.97. The van der Waals surface area contributed by atoms with Gasteiger partial charge in [0.1, 0.15) is 6.33 Å². The summed E-state index contributed by atoms with van der Waals surface area (Å²) in [5.41, 5.74) is 1.48. The molecule has 0 saturated carbocycles. The standard InChI is InChI=1S/C14H14N2O4/c1-3-20-14(18)12-8-16(9-15-12)11-6-4-10(5-7-11)13(17)19-2/h4-9H,3H2,1-2H3. The monoisotopic (exact) mass is 274 g/mol. The van der Waals surface area contributed by atoms with Crippen LogP contribution in [-0.4, -0.2) is 35.2 Å². The average molecular weight is 274 g/mol. The first kappa shape index (κ1) is 13.8. The predicted molar refractivity (Wildman–Crippen MR) is 70.9 cm³/mol. The smallest absolute Gasteiger partial charge is 0.358 e. The van der Waals surface area contributed by atoms with Gasteiger partial charge < -0.3 is 14.0 Å². The lowest BCUT2D eigenvalue weighted by Gasteiger charge is -2.03. The number of imidazole rings is 1. The van der Waals surface area contributed by atoms with Crippen molar-refractivity contribution >= 4 is 11.9 Å². The molecule has 0 amide bonds. The fraction of sp³-hybridized carbons (Fsp3) is 0.214. The third kappa shape index (κ3) is 2.85. The number of benzene rings is 1. The van der Waals surface area contributed by atoms with E-state index in [1.54, 1.807) is 42.0 Å². The number of esters is 2. The number of ether oxygens (including phenoxy) is 2. The SMILES string of the molecule is CCOC(=O)c1cn(-c2ccc(C(=O)OC)cc2)cn1. The Labute approximate surface area is 116 Å². The number of hydrogen-bond donors (Lipinski definition) is 0. The second-order valence-electron chi connectivity index (χ2n) is 3.93. The van der Waals surface area contributed by atoms with E-state index >= 15 is 0 Å². The molecule has 1 aromatic heterocycles. The van der Waals surface area contributed by atoms with Crippen LogP contribution in [0.1, 0.15) is 27.8 Å². The lowest BCUT2D eigenvalue weighted by atomic mass is 10.2. The van der Waals surface area contributed by atoms with Crippen molar-refractivity contribution < 1.29 is 19.1 Å². The normalized spacial score (nSPS) is 10.1. The topological polar surface area (TPSA) is 70.4 Å². The molecule has 1 aromatic carbocycles. The fourth-order valence-corrected chi connectivity index (χ4v) is 1.66. The molecule has 0 radical (unpaired) electrons. The summed E-state index contributed by atoms with van der Waals surface area (Å²) in [5.74, 6) is -0.855. The molecule has 0 unspecified atom stereocenters. The highest BCUT2D eigenvalue weighted by molar-refractivity contribution is 5.89. The molecule has 0 aliphatic heterocycles. The molecule has 0 fully saturated rings. The van der Waals surface area contributed by atoms with E-state index in [0.717, 1.165) is 5.69 Å². The Bertz CT molecular complexity index is 616. The fourth-order valence-electron chi connectivity index (χ4n) is 1.66. The third-order valence-electron chi connectivity index (χ3n) is 2.65. The minimum absolute atomic E-state index is 0.240. The summed E-state index contributed by atoms with van der Waals surface area (Å²) >= 11 is 0. The maximum Gasteiger partial charge on any atom is 0.358 e. The van der Waals surface area contributed by atoms with Crippen LogP contribution in [0.2, 0.25) is 0 Å². The van der Waals surface area contributed by atoms with Crippen LogP contribution < -0.4 is 0 Å². The van der Waals surface area contributed by atoms with Crippen molar-refractivity contribution in [2.75, 3.05) is 13.7 Å². The quantitative estimate of drug-likeness (QED) is 0.795. The van der Waals surface area contributed by atoms with Gasteiger partial charge in [-0.3, -0.25) is 0 Å². The largest absolute Gasteiger partial charge is 0.465 e. The second kappa shape index (κ2) is 6.01. The Morgan fingerprint density at radius 2 is 1.90 bits per heavy atom. The van der Waals surface area contributed by atoms with Crippen LogP contribution in [0, 0.1) is 0 Å². The van der Waals surface area contributed by atoms with Crippen LogP contribution in [-0.2, 0) is 9.47 Å². The minimum Gasteiger partial charge on any atom is -0.465 e. The molecule has 6 nitrogen and oxygen atoms in total. The first-order valence-corrected chi connectivity index (χ1v) is 6.05. The zero-order valence-electron chi connectivity index (χ0n) is 11.2. The maximum atomic E-state index is 11.5. The highest BCUT2D eigenvalue weighted by Crippen LogP contribution is 2.11. The zero-order chi connectivity index (χ0) is 14.5. The van der Waals surface area contributed by atoms with Gasteiger partial charge in [0.2, 0.25) is 0 Å². The van der Waals surface area contributed by atoms with Gasteiger partial charge in [-0.15, -0.1) is 0 Å². The van der Waals surface area contributed by atoms with Gasteiger partial charge in [0.05, 0.1) is 19.3 Å². The van der Waals surface area contributed by atoms with Crippen LogP contribution in [0.25, 0.3) is 5.69 Å². The van der Waals surface area contributed by atoms with Gasteiger partial charge in [-0.1, -0.05) is 0 Å². The second-order valence-corrected chi connectivity index (χ2v) is 3.93. The molecule has 0 spiro atoms. The van der Waals surface area contributed by atoms with E-state index in [1.165, 1.54) is 13.4 Å². The van der Waals surface area contributed by atoms with Gasteiger partial charge in [0.15, 0.2) is 5.69 Å². The molecule has 0 bridgehead atoms. The number of rotatable bonds is 4. The zero-order valence-corrected chi connectivity index (χ0v) is 11.2. The van der Waals surface area contributed by atoms with Gasteiger partial charge in [0, 0.05) is 11.9 Å². The number of nitrogens with zero attached hydrogens (tertiary/aromatic N) is 2. The number of aromatic nitrogens is 2. The first-order chi connectivity index (χ1) is 9.65. The van der Waals surface area contributed by atoms with E-state index in [4.69, 9.17) is 4.74 Å². The molecule has 0 saturated heterocycles. The Kier molecular flexibility index (Phi) is 4.14. The summed E-state index contributed by atoms with van der Waals surface area (Å²) in [6.45, 7) is 2.04. The highest BCUT2D eigenvalue weighted by Gasteiger charge is 2.11. The van der Waals surface area contributed by atoms with E-state index in [2.05, 4.69) is 9.72 Å². The van der Waals surface area contributed by atoms with Crippen molar-refractivity contribution in [1.82, 2.24) is 9.55 Å². The summed E-state index contributed by atoms with van der Waals surface area (Å²) in [7, 11) is 1.33. The molecule has 104 valence electrons. The minimum atomic E-state index is -0.461. The Hall–Kier alpha value is -2.63. The lowest BCUT2D eigenvalue weighted by molar-refractivity contribution is 0.0519. The van der Waals surface area contributed by atoms with Crippen LogP contribution >= 0.6 is 0 Å². The van der Waals surface area contributed by atoms with Gasteiger partial charge in [-0.25, -0.2) is 14.6 Å². The summed E-state index contributed by atoms with van der Waals surface area (Å²) in [4.78, 5) is 26.8. The van der Waals surface area contributed by atoms with Gasteiger partial charge >= 0.3 is 11.9 Å². The summed E-state index contributed by atoms with van der Waals surface area (Å²) < 4.78 is 11.2. The molecule has 1 heterocycles. The van der Waals surface area contributed by atoms with Crippen LogP contribution in [0.5, 0.6) is 0 Å². The van der Waals surface area contributed by atoms with E-state index in [0.29, 0.717) is 12.2 Å². The van der Waals surface area contributed by atoms with Crippen molar-refractivity contribution in [2.24, 2.45) is 0 Å². The Morgan fingerprint density at radius 3 is 2.50 bits per heavy atom. The van der Waals surface area contributed by atoms with Gasteiger partial charge in [-0.2, -0.15) is 0 Å². The Balaban J connectivity index is 2.20. The van der Waals surface area contributed by atoms with E-state index in [-0.39, 0.29) is 5.69 Å². The molecule has 2 aromatic rings. The molecule has 0 aliphatic carbocycles. The molecular formula is C14H14N2O4. The maximum absolute atomic E-state index is 11.5. The summed E-state index contributed by atoms with van der Waals surface area (Å²) in [6.07, 6.45) is 3.09. The van der Waals surface area contributed by atoms with Crippen molar-refractivity contribution in [3.63, 3.8) is 0 Å². The molecule has 2 rings (SSSR count). The van der Waals surface area contributed by atoms with Crippen molar-refractivity contribution in [1.29, 1.82) is 0 Å². The van der Waals surface area contributed by atoms with Crippen molar-refractivity contribution in [3.05, 3.63) is 48.0 Å². The predicted octanol–water partition coefficient (Wildman–Crippen LogP) is 1.84. The van der Waals surface area contributed by atoms with Gasteiger partial charge in [0.25, 0.3) is 0 Å². The lowest BCUT2D eigenvalue weighted by Crippen LogP contribution is -2.04. The number of methoxy groups -OCH3 is 1. The number of carbonyl (C=O) groups is 2. The summed E-state index contributed by atoms with van der Waals surface area (Å²) in [6, 6.07) is 6.77. The van der Waals surface area contributed by atoms with E-state index in [1.807, 2.05) is 0 Å². The van der Waals surface area contributed by atoms with Crippen molar-refractivity contribution in [2.45, 2.75) is 6.92 Å². The number of carbonyl (C=O) groups excluding carboxylic acids is 2. The first-order valence-electron chi connectivity index (χ1n) is 6.05. The molecule has 0 atom stereocenters. The summed E-state index contributed by atoms with van der Waals surface area (Å²) in [5, 5.41) is 0. The van der Waals surface area contributed by atoms with E-state index < -0.39 is 11.9 Å². The highest BCUT2D eigenvalue weighted by atomic mass is 16.5. The molecule has 0 aliphatic rings. The molecule has 20 heavy (non-hydrogen) atoms. The van der Waals surface area contributed by atoms with Crippen LogP contribution in [0.4, 0.5) is 0 Å². The Morgan fingerprint density at radius 1 is 1.20 bits per heavy atom. The third-order valence-corrected chi connectivity index (χ3v) is 2.65. The van der Waals surface area contributed by atoms with Crippen LogP contribution in [0.15, 0.2) is 36.8 Å². The van der Waals surface area contributed by atoms with Crippen LogP contribution in [0.3, 0.4) is 0 Å². The molecule has 6 heteroatoms. The molecular weight excluding hydrogens is 260 g/mol. The van der Waals surface area contributed by atoms with Crippen molar-refractivity contribution in [3.8, 4) is 5.69 Å². The van der Waals surface area contributed by atoms with E-state index in [9.17, 15) is 9.59 Å². The number of hydrogen-bond acceptors (Lipinski definition) is 5. The van der Waals surface area contributed by atoms with Gasteiger partial charge in [-0.05, 0) is 31.2 Å².